The summed E-state index contributed by atoms with van der Waals surface area (Å²) < 4.78 is 7.06. The Morgan fingerprint density at radius 1 is 1.13 bits per heavy atom. The second kappa shape index (κ2) is 7.31. The van der Waals surface area contributed by atoms with E-state index in [4.69, 9.17) is 16.1 Å². The largest absolute Gasteiger partial charge is 0.339 e. The Labute approximate surface area is 182 Å². The van der Waals surface area contributed by atoms with E-state index >= 15 is 0 Å². The van der Waals surface area contributed by atoms with Gasteiger partial charge in [-0.1, -0.05) is 22.8 Å². The Kier molecular flexibility index (Phi) is 4.59. The van der Waals surface area contributed by atoms with Crippen LogP contribution in [0.15, 0.2) is 51.8 Å². The summed E-state index contributed by atoms with van der Waals surface area (Å²) in [6.45, 7) is 2.13. The molecule has 0 radical (unpaired) electrons. The molecule has 2 aromatic carbocycles. The Balaban J connectivity index is 1.43. The van der Waals surface area contributed by atoms with Crippen LogP contribution in [-0.4, -0.2) is 32.1 Å². The van der Waals surface area contributed by atoms with Crippen LogP contribution in [0.1, 0.15) is 23.9 Å². The van der Waals surface area contributed by atoms with Crippen LogP contribution in [0.25, 0.3) is 22.4 Å². The summed E-state index contributed by atoms with van der Waals surface area (Å²) >= 11 is 6.06. The fraction of sp³-hybridized carbons (Fsp3) is 0.227. The summed E-state index contributed by atoms with van der Waals surface area (Å²) in [5.74, 6) is 0.615. The molecule has 0 spiro atoms. The lowest BCUT2D eigenvalue weighted by Crippen LogP contribution is -2.24. The molecule has 1 saturated heterocycles. The van der Waals surface area contributed by atoms with E-state index < -0.39 is 0 Å². The van der Waals surface area contributed by atoms with Crippen LogP contribution in [0.5, 0.6) is 0 Å². The summed E-state index contributed by atoms with van der Waals surface area (Å²) in [5.41, 5.74) is 3.17. The van der Waals surface area contributed by atoms with Crippen molar-refractivity contribution in [3.63, 3.8) is 0 Å². The third-order valence-corrected chi connectivity index (χ3v) is 5.77. The molecule has 0 bridgehead atoms. The topological polar surface area (TPSA) is 94.1 Å². The maximum Gasteiger partial charge on any atom is 0.272 e. The maximum absolute atomic E-state index is 12.5. The van der Waals surface area contributed by atoms with E-state index in [-0.39, 0.29) is 23.8 Å². The average Bonchev–Trinajstić information content (AvgIpc) is 3.39. The molecule has 3 heterocycles. The molecule has 0 unspecified atom stereocenters. The first kappa shape index (κ1) is 19.4. The molecule has 2 aromatic heterocycles. The summed E-state index contributed by atoms with van der Waals surface area (Å²) in [7, 11) is 1.72. The molecule has 1 fully saturated rings. The molecule has 0 saturated carbocycles. The van der Waals surface area contributed by atoms with Gasteiger partial charge < -0.3 is 14.0 Å². The highest BCUT2D eigenvalue weighted by Gasteiger charge is 2.35. The van der Waals surface area contributed by atoms with E-state index in [1.165, 1.54) is 0 Å². The number of nitrogens with zero attached hydrogens (tertiary/aromatic N) is 5. The molecular weight excluding hydrogens is 418 g/mol. The van der Waals surface area contributed by atoms with Crippen molar-refractivity contribution in [3.05, 3.63) is 69.4 Å². The Morgan fingerprint density at radius 3 is 2.77 bits per heavy atom. The molecule has 5 rings (SSSR count). The minimum atomic E-state index is -0.200. The fourth-order valence-corrected chi connectivity index (χ4v) is 4.09. The summed E-state index contributed by atoms with van der Waals surface area (Å²) in [6.07, 6.45) is 0.286. The third-order valence-electron chi connectivity index (χ3n) is 5.53. The predicted molar refractivity (Wildman–Crippen MR) is 116 cm³/mol. The van der Waals surface area contributed by atoms with E-state index in [1.807, 2.05) is 30.3 Å². The highest BCUT2D eigenvalue weighted by Crippen LogP contribution is 2.33. The third kappa shape index (κ3) is 3.38. The van der Waals surface area contributed by atoms with Crippen molar-refractivity contribution in [1.82, 2.24) is 19.7 Å². The Hall–Kier alpha value is -3.52. The number of hydrogen-bond donors (Lipinski definition) is 0. The second-order valence-electron chi connectivity index (χ2n) is 7.61. The fourth-order valence-electron chi connectivity index (χ4n) is 3.90. The number of hydrogen-bond acceptors (Lipinski definition) is 6. The first-order chi connectivity index (χ1) is 14.9. The van der Waals surface area contributed by atoms with Gasteiger partial charge in [0.15, 0.2) is 0 Å². The van der Waals surface area contributed by atoms with Gasteiger partial charge >= 0.3 is 0 Å². The highest BCUT2D eigenvalue weighted by atomic mass is 35.5. The number of aryl methyl sites for hydroxylation is 2. The zero-order chi connectivity index (χ0) is 21.7. The molecule has 1 atom stereocenters. The van der Waals surface area contributed by atoms with E-state index in [1.54, 1.807) is 35.6 Å². The van der Waals surface area contributed by atoms with Crippen LogP contribution in [0.3, 0.4) is 0 Å². The molecule has 4 aromatic rings. The summed E-state index contributed by atoms with van der Waals surface area (Å²) in [4.78, 5) is 35.2. The van der Waals surface area contributed by atoms with Gasteiger partial charge in [0, 0.05) is 36.3 Å². The number of amides is 1. The van der Waals surface area contributed by atoms with Gasteiger partial charge in [-0.2, -0.15) is 4.98 Å². The first-order valence-corrected chi connectivity index (χ1v) is 10.2. The first-order valence-electron chi connectivity index (χ1n) is 9.78. The van der Waals surface area contributed by atoms with Gasteiger partial charge in [-0.3, -0.25) is 9.59 Å². The average molecular weight is 436 g/mol. The SMILES string of the molecule is Cc1nc2cc(-c3noc([C@@H]4CC(=O)N(c5cccc(Cl)c5)C4)n3)ccc2n(C)c1=O. The highest BCUT2D eigenvalue weighted by molar-refractivity contribution is 6.30. The lowest BCUT2D eigenvalue weighted by Gasteiger charge is -2.16. The van der Waals surface area contributed by atoms with Gasteiger partial charge in [0.25, 0.3) is 5.56 Å². The molecular formula is C22H18ClN5O3. The van der Waals surface area contributed by atoms with Gasteiger partial charge in [-0.25, -0.2) is 4.98 Å². The lowest BCUT2D eigenvalue weighted by molar-refractivity contribution is -0.117. The van der Waals surface area contributed by atoms with E-state index in [0.717, 1.165) is 16.8 Å². The molecule has 1 aliphatic heterocycles. The molecule has 0 aliphatic carbocycles. The monoisotopic (exact) mass is 435 g/mol. The Bertz CT molecular complexity index is 1390. The van der Waals surface area contributed by atoms with Crippen LogP contribution in [0.4, 0.5) is 5.69 Å². The van der Waals surface area contributed by atoms with Crippen molar-refractivity contribution in [1.29, 1.82) is 0 Å². The maximum atomic E-state index is 12.5. The lowest BCUT2D eigenvalue weighted by atomic mass is 10.1. The quantitative estimate of drug-likeness (QED) is 0.489. The normalized spacial score (nSPS) is 16.4. The molecule has 8 nitrogen and oxygen atoms in total. The van der Waals surface area contributed by atoms with Crippen molar-refractivity contribution in [2.75, 3.05) is 11.4 Å². The van der Waals surface area contributed by atoms with Gasteiger partial charge in [0.1, 0.15) is 5.69 Å². The standard InChI is InChI=1S/C22H18ClN5O3/c1-12-22(30)27(2)18-7-6-13(8-17(18)24-12)20-25-21(31-26-20)14-9-19(29)28(11-14)16-5-3-4-15(23)10-16/h3-8,10,14H,9,11H2,1-2H3/t14-/m1/s1. The number of fused-ring (bicyclic) bond motifs is 1. The van der Waals surface area contributed by atoms with Crippen molar-refractivity contribution in [3.8, 4) is 11.4 Å². The Morgan fingerprint density at radius 2 is 1.97 bits per heavy atom. The molecule has 31 heavy (non-hydrogen) atoms. The predicted octanol–water partition coefficient (Wildman–Crippen LogP) is 3.47. The molecule has 0 N–H and O–H groups in total. The molecule has 1 aliphatic rings. The minimum absolute atomic E-state index is 0.0154. The number of benzene rings is 2. The van der Waals surface area contributed by atoms with Crippen LogP contribution in [-0.2, 0) is 11.8 Å². The van der Waals surface area contributed by atoms with Crippen LogP contribution in [0, 0.1) is 6.92 Å². The number of rotatable bonds is 3. The van der Waals surface area contributed by atoms with Gasteiger partial charge in [0.05, 0.1) is 17.0 Å². The van der Waals surface area contributed by atoms with Gasteiger partial charge in [0.2, 0.25) is 17.6 Å². The van der Waals surface area contributed by atoms with E-state index in [2.05, 4.69) is 15.1 Å². The number of aromatic nitrogens is 4. The molecule has 156 valence electrons. The second-order valence-corrected chi connectivity index (χ2v) is 8.04. The van der Waals surface area contributed by atoms with Crippen molar-refractivity contribution >= 4 is 34.2 Å². The van der Waals surface area contributed by atoms with Crippen LogP contribution < -0.4 is 10.5 Å². The van der Waals surface area contributed by atoms with Gasteiger partial charge in [-0.05, 0) is 43.3 Å². The van der Waals surface area contributed by atoms with Crippen molar-refractivity contribution in [2.45, 2.75) is 19.3 Å². The number of carbonyl (C=O) groups excluding carboxylic acids is 1. The van der Waals surface area contributed by atoms with Gasteiger partial charge in [-0.15, -0.1) is 0 Å². The van der Waals surface area contributed by atoms with E-state index in [0.29, 0.717) is 34.5 Å². The van der Waals surface area contributed by atoms with E-state index in [9.17, 15) is 9.59 Å². The van der Waals surface area contributed by atoms with Crippen LogP contribution in [0.2, 0.25) is 5.02 Å². The smallest absolute Gasteiger partial charge is 0.272 e. The number of halogens is 1. The zero-order valence-corrected chi connectivity index (χ0v) is 17.6. The van der Waals surface area contributed by atoms with Crippen molar-refractivity contribution in [2.24, 2.45) is 7.05 Å². The van der Waals surface area contributed by atoms with Crippen LogP contribution >= 0.6 is 11.6 Å². The zero-order valence-electron chi connectivity index (χ0n) is 16.9. The molecule has 1 amide bonds. The summed E-state index contributed by atoms with van der Waals surface area (Å²) in [6, 6.07) is 12.7. The summed E-state index contributed by atoms with van der Waals surface area (Å²) in [5, 5.41) is 4.68. The number of anilines is 1. The number of carbonyl (C=O) groups is 1. The molecule has 9 heteroatoms. The minimum Gasteiger partial charge on any atom is -0.339 e. The van der Waals surface area contributed by atoms with Crippen molar-refractivity contribution < 1.29 is 9.32 Å².